The number of rotatable bonds is 8. The van der Waals surface area contributed by atoms with Crippen LogP contribution >= 0.6 is 8.25 Å². The molecule has 34 heavy (non-hydrogen) atoms. The largest absolute Gasteiger partial charge is 0.361 e. The SMILES string of the molecule is N#Cc1cc(NO[PH](=O)ONc2cc(C#N)nn2-c2ccc(F)cc2)n(-c2ccc(F)cc2)n1. The van der Waals surface area contributed by atoms with Crippen LogP contribution in [0.4, 0.5) is 20.4 Å². The third-order valence-electron chi connectivity index (χ3n) is 4.27. The van der Waals surface area contributed by atoms with Gasteiger partial charge in [-0.05, 0) is 48.5 Å². The first-order chi connectivity index (χ1) is 16.5. The van der Waals surface area contributed by atoms with Crippen molar-refractivity contribution in [3.8, 4) is 23.5 Å². The standard InChI is InChI=1S/C20H13F2N8O3P/c21-13-1-5-17(6-2-13)29-19(9-15(11-23)25-29)27-32-34(31)33-28-20-10-16(12-24)26-30(20)18-7-3-14(22)4-8-18/h1-10,27-28,34H. The van der Waals surface area contributed by atoms with Gasteiger partial charge in [-0.1, -0.05) is 0 Å². The molecule has 4 aromatic rings. The summed E-state index contributed by atoms with van der Waals surface area (Å²) in [5.41, 5.74) is 5.68. The summed E-state index contributed by atoms with van der Waals surface area (Å²) in [5.74, 6) is -0.640. The third-order valence-corrected chi connectivity index (χ3v) is 4.81. The van der Waals surface area contributed by atoms with Crippen LogP contribution in [-0.4, -0.2) is 19.6 Å². The van der Waals surface area contributed by atoms with E-state index in [1.807, 2.05) is 12.1 Å². The van der Waals surface area contributed by atoms with Crippen LogP contribution in [0.15, 0.2) is 60.7 Å². The lowest BCUT2D eigenvalue weighted by atomic mass is 10.3. The molecule has 14 heteroatoms. The number of halogens is 2. The third kappa shape index (κ3) is 5.09. The highest BCUT2D eigenvalue weighted by atomic mass is 31.1. The zero-order valence-electron chi connectivity index (χ0n) is 16.9. The summed E-state index contributed by atoms with van der Waals surface area (Å²) in [7, 11) is -3.23. The van der Waals surface area contributed by atoms with Gasteiger partial charge in [-0.2, -0.15) is 30.0 Å². The van der Waals surface area contributed by atoms with E-state index in [0.717, 1.165) is 0 Å². The molecular weight excluding hydrogens is 469 g/mol. The molecular formula is C20H13F2N8O3P. The molecule has 2 aromatic carbocycles. The van der Waals surface area contributed by atoms with Crippen molar-refractivity contribution in [2.45, 2.75) is 0 Å². The van der Waals surface area contributed by atoms with E-state index in [1.165, 1.54) is 70.0 Å². The minimum absolute atomic E-state index is 0.0290. The van der Waals surface area contributed by atoms with Crippen LogP contribution in [-0.2, 0) is 13.8 Å². The maximum absolute atomic E-state index is 13.2. The van der Waals surface area contributed by atoms with Gasteiger partial charge in [0, 0.05) is 12.1 Å². The lowest BCUT2D eigenvalue weighted by Gasteiger charge is -2.11. The van der Waals surface area contributed by atoms with Crippen LogP contribution in [0.1, 0.15) is 11.4 Å². The van der Waals surface area contributed by atoms with E-state index in [2.05, 4.69) is 21.2 Å². The second-order valence-electron chi connectivity index (χ2n) is 6.49. The van der Waals surface area contributed by atoms with Crippen LogP contribution in [0.3, 0.4) is 0 Å². The molecule has 0 bridgehead atoms. The number of aromatic nitrogens is 4. The molecule has 170 valence electrons. The molecule has 0 atom stereocenters. The number of nitrogens with one attached hydrogen (secondary N) is 2. The maximum Gasteiger partial charge on any atom is 0.361 e. The van der Waals surface area contributed by atoms with Gasteiger partial charge in [0.25, 0.3) is 0 Å². The molecule has 0 aliphatic carbocycles. The Labute approximate surface area is 191 Å². The van der Waals surface area contributed by atoms with Crippen LogP contribution in [0, 0.1) is 34.3 Å². The number of benzene rings is 2. The van der Waals surface area contributed by atoms with Gasteiger partial charge in [-0.25, -0.2) is 29.1 Å². The Morgan fingerprint density at radius 3 is 1.50 bits per heavy atom. The number of anilines is 2. The molecule has 4 rings (SSSR count). The quantitative estimate of drug-likeness (QED) is 0.283. The molecule has 2 heterocycles. The van der Waals surface area contributed by atoms with Crippen molar-refractivity contribution in [3.63, 3.8) is 0 Å². The van der Waals surface area contributed by atoms with E-state index >= 15 is 0 Å². The van der Waals surface area contributed by atoms with Gasteiger partial charge in [0.1, 0.15) is 23.8 Å². The summed E-state index contributed by atoms with van der Waals surface area (Å²) in [6.07, 6.45) is 0. The van der Waals surface area contributed by atoms with Crippen molar-refractivity contribution in [2.24, 2.45) is 0 Å². The molecule has 0 amide bonds. The Morgan fingerprint density at radius 2 is 1.15 bits per heavy atom. The van der Waals surface area contributed by atoms with Gasteiger partial charge < -0.3 is 0 Å². The first-order valence-corrected chi connectivity index (χ1v) is 10.6. The van der Waals surface area contributed by atoms with Crippen molar-refractivity contribution in [2.75, 3.05) is 11.0 Å². The molecule has 0 spiro atoms. The van der Waals surface area contributed by atoms with Crippen LogP contribution in [0.5, 0.6) is 0 Å². The van der Waals surface area contributed by atoms with Gasteiger partial charge in [-0.15, -0.1) is 0 Å². The maximum atomic E-state index is 13.2. The van der Waals surface area contributed by atoms with Gasteiger partial charge in [-0.3, -0.25) is 4.57 Å². The highest BCUT2D eigenvalue weighted by molar-refractivity contribution is 7.33. The van der Waals surface area contributed by atoms with Crippen molar-refractivity contribution in [1.29, 1.82) is 10.5 Å². The highest BCUT2D eigenvalue weighted by Gasteiger charge is 2.14. The number of hydrogen-bond acceptors (Lipinski definition) is 9. The molecule has 2 N–H and O–H groups in total. The zero-order valence-corrected chi connectivity index (χ0v) is 17.9. The summed E-state index contributed by atoms with van der Waals surface area (Å²) in [4.78, 5) is 0. The predicted octanol–water partition coefficient (Wildman–Crippen LogP) is 3.86. The summed E-state index contributed by atoms with van der Waals surface area (Å²) >= 11 is 0. The molecule has 0 radical (unpaired) electrons. The van der Waals surface area contributed by atoms with Crippen molar-refractivity contribution >= 4 is 19.9 Å². The average Bonchev–Trinajstić information content (AvgIpc) is 3.46. The number of hydrogen-bond donors (Lipinski definition) is 2. The van der Waals surface area contributed by atoms with E-state index < -0.39 is 19.9 Å². The monoisotopic (exact) mass is 482 g/mol. The van der Waals surface area contributed by atoms with Crippen molar-refractivity contribution in [1.82, 2.24) is 19.6 Å². The molecule has 0 saturated carbocycles. The molecule has 0 aliphatic heterocycles. The van der Waals surface area contributed by atoms with Crippen molar-refractivity contribution in [3.05, 3.63) is 83.7 Å². The first-order valence-electron chi connectivity index (χ1n) is 9.38. The normalized spacial score (nSPS) is 10.6. The van der Waals surface area contributed by atoms with Crippen LogP contribution in [0.25, 0.3) is 11.4 Å². The van der Waals surface area contributed by atoms with Crippen LogP contribution in [0.2, 0.25) is 0 Å². The molecule has 0 unspecified atom stereocenters. The Balaban J connectivity index is 1.44. The first kappa shape index (κ1) is 22.6. The lowest BCUT2D eigenvalue weighted by molar-refractivity contribution is 0.293. The highest BCUT2D eigenvalue weighted by Crippen LogP contribution is 2.28. The van der Waals surface area contributed by atoms with E-state index in [0.29, 0.717) is 11.4 Å². The van der Waals surface area contributed by atoms with E-state index in [4.69, 9.17) is 19.8 Å². The minimum atomic E-state index is -3.23. The lowest BCUT2D eigenvalue weighted by Crippen LogP contribution is -2.07. The Morgan fingerprint density at radius 1 is 0.765 bits per heavy atom. The van der Waals surface area contributed by atoms with Crippen LogP contribution < -0.4 is 11.0 Å². The second-order valence-corrected chi connectivity index (χ2v) is 7.40. The fourth-order valence-corrected chi connectivity index (χ4v) is 3.20. The summed E-state index contributed by atoms with van der Waals surface area (Å²) < 4.78 is 51.2. The van der Waals surface area contributed by atoms with E-state index in [9.17, 15) is 13.3 Å². The topological polar surface area (TPSA) is 143 Å². The average molecular weight is 482 g/mol. The Kier molecular flexibility index (Phi) is 6.62. The molecule has 0 saturated heterocycles. The van der Waals surface area contributed by atoms with Gasteiger partial charge >= 0.3 is 8.25 Å². The fraction of sp³-hybridized carbons (Fsp3) is 0. The predicted molar refractivity (Wildman–Crippen MR) is 115 cm³/mol. The summed E-state index contributed by atoms with van der Waals surface area (Å²) in [5, 5.41) is 26.3. The fourth-order valence-electron chi connectivity index (χ4n) is 2.78. The van der Waals surface area contributed by atoms with Crippen molar-refractivity contribution < 1.29 is 22.6 Å². The minimum Gasteiger partial charge on any atom is -0.259 e. The molecule has 0 aliphatic rings. The second kappa shape index (κ2) is 9.94. The Bertz CT molecular complexity index is 1310. The summed E-state index contributed by atoms with van der Waals surface area (Å²) in [6, 6.07) is 16.9. The molecule has 11 nitrogen and oxygen atoms in total. The Hall–Kier alpha value is -4.55. The smallest absolute Gasteiger partial charge is 0.259 e. The number of nitriles is 2. The van der Waals surface area contributed by atoms with Gasteiger partial charge in [0.15, 0.2) is 23.0 Å². The molecule has 2 aromatic heterocycles. The van der Waals surface area contributed by atoms with Gasteiger partial charge in [0.2, 0.25) is 0 Å². The molecule has 0 fully saturated rings. The number of nitrogens with zero attached hydrogens (tertiary/aromatic N) is 6. The van der Waals surface area contributed by atoms with E-state index in [1.54, 1.807) is 0 Å². The summed E-state index contributed by atoms with van der Waals surface area (Å²) in [6.45, 7) is 0. The van der Waals surface area contributed by atoms with Gasteiger partial charge in [0.05, 0.1) is 11.4 Å². The zero-order chi connectivity index (χ0) is 24.1. The van der Waals surface area contributed by atoms with E-state index in [-0.39, 0.29) is 23.0 Å².